The van der Waals surface area contributed by atoms with E-state index in [1.807, 2.05) is 6.07 Å². The van der Waals surface area contributed by atoms with Crippen LogP contribution in [0.5, 0.6) is 0 Å². The zero-order chi connectivity index (χ0) is 17.4. The number of nitrogens with zero attached hydrogens (tertiary/aromatic N) is 1. The van der Waals surface area contributed by atoms with Gasteiger partial charge in [-0.25, -0.2) is 8.42 Å². The van der Waals surface area contributed by atoms with Gasteiger partial charge < -0.3 is 14.9 Å². The molecule has 0 atom stereocenters. The summed E-state index contributed by atoms with van der Waals surface area (Å²) in [6.07, 6.45) is 3.30. The number of fused-ring (bicyclic) bond motifs is 1. The normalized spacial score (nSPS) is 15.6. The van der Waals surface area contributed by atoms with Gasteiger partial charge in [-0.2, -0.15) is 0 Å². The van der Waals surface area contributed by atoms with E-state index >= 15 is 0 Å². The predicted molar refractivity (Wildman–Crippen MR) is 101 cm³/mol. The average Bonchev–Trinajstić information content (AvgIpc) is 3.02. The van der Waals surface area contributed by atoms with Crippen LogP contribution in [0.25, 0.3) is 11.0 Å². The van der Waals surface area contributed by atoms with Crippen molar-refractivity contribution in [2.45, 2.75) is 29.1 Å². The molecule has 4 rings (SSSR count). The van der Waals surface area contributed by atoms with Crippen molar-refractivity contribution >= 4 is 38.8 Å². The third kappa shape index (κ3) is 2.87. The van der Waals surface area contributed by atoms with Crippen LogP contribution in [-0.4, -0.2) is 31.5 Å². The molecule has 0 spiro atoms. The molecule has 1 fully saturated rings. The fourth-order valence-electron chi connectivity index (χ4n) is 3.44. The second-order valence-electron chi connectivity index (χ2n) is 6.28. The summed E-state index contributed by atoms with van der Waals surface area (Å²) in [6.45, 7) is 1.70. The van der Waals surface area contributed by atoms with Gasteiger partial charge in [-0.3, -0.25) is 0 Å². The van der Waals surface area contributed by atoms with Crippen molar-refractivity contribution in [2.75, 3.05) is 18.0 Å². The van der Waals surface area contributed by atoms with Crippen molar-refractivity contribution in [2.24, 2.45) is 0 Å². The summed E-state index contributed by atoms with van der Waals surface area (Å²) in [5.74, 6) is 0. The molecule has 1 saturated heterocycles. The molecule has 5 nitrogen and oxygen atoms in total. The van der Waals surface area contributed by atoms with Gasteiger partial charge in [0.15, 0.2) is 4.77 Å². The molecule has 0 bridgehead atoms. The SMILES string of the molecule is O=S(=O)(c1ccccc1)c1ccc2[nH]c(=S)[nH]c2c1N1CCCCC1. The lowest BCUT2D eigenvalue weighted by Crippen LogP contribution is -2.31. The molecule has 25 heavy (non-hydrogen) atoms. The lowest BCUT2D eigenvalue weighted by atomic mass is 10.1. The number of nitrogens with one attached hydrogen (secondary N) is 2. The number of rotatable bonds is 3. The average molecular weight is 374 g/mol. The predicted octanol–water partition coefficient (Wildman–Crippen LogP) is 4.05. The van der Waals surface area contributed by atoms with E-state index in [0.717, 1.165) is 42.7 Å². The van der Waals surface area contributed by atoms with Gasteiger partial charge in [-0.15, -0.1) is 0 Å². The van der Waals surface area contributed by atoms with Crippen molar-refractivity contribution in [3.8, 4) is 0 Å². The number of hydrogen-bond donors (Lipinski definition) is 2. The standard InChI is InChI=1S/C18H19N3O2S2/c22-25(23,13-7-3-1-4-8-13)15-10-9-14-16(20-18(24)19-14)17(15)21-11-5-2-6-12-21/h1,3-4,7-10H,2,5-6,11-12H2,(H2,19,20,24). The maximum Gasteiger partial charge on any atom is 0.208 e. The van der Waals surface area contributed by atoms with Crippen molar-refractivity contribution in [3.63, 3.8) is 0 Å². The molecule has 1 aliphatic heterocycles. The van der Waals surface area contributed by atoms with Crippen molar-refractivity contribution in [1.82, 2.24) is 9.97 Å². The topological polar surface area (TPSA) is 69.0 Å². The number of imidazole rings is 1. The van der Waals surface area contributed by atoms with E-state index in [0.29, 0.717) is 14.6 Å². The van der Waals surface area contributed by atoms with Crippen LogP contribution in [0.1, 0.15) is 19.3 Å². The van der Waals surface area contributed by atoms with Gasteiger partial charge in [-0.05, 0) is 55.7 Å². The number of benzene rings is 2. The minimum atomic E-state index is -3.61. The highest BCUT2D eigenvalue weighted by atomic mass is 32.2. The molecular weight excluding hydrogens is 354 g/mol. The van der Waals surface area contributed by atoms with Gasteiger partial charge in [-0.1, -0.05) is 18.2 Å². The smallest absolute Gasteiger partial charge is 0.208 e. The summed E-state index contributed by atoms with van der Waals surface area (Å²) in [5, 5.41) is 0. The van der Waals surface area contributed by atoms with E-state index in [1.54, 1.807) is 36.4 Å². The summed E-state index contributed by atoms with van der Waals surface area (Å²) >= 11 is 5.23. The Morgan fingerprint density at radius 2 is 1.64 bits per heavy atom. The molecule has 130 valence electrons. The second-order valence-corrected chi connectivity index (χ2v) is 8.60. The molecule has 2 heterocycles. The molecule has 0 unspecified atom stereocenters. The molecule has 1 aliphatic rings. The van der Waals surface area contributed by atoms with Gasteiger partial charge >= 0.3 is 0 Å². The first-order valence-corrected chi connectivity index (χ1v) is 10.3. The van der Waals surface area contributed by atoms with Gasteiger partial charge in [0.1, 0.15) is 0 Å². The highest BCUT2D eigenvalue weighted by Gasteiger charge is 2.27. The van der Waals surface area contributed by atoms with Gasteiger partial charge in [0.2, 0.25) is 9.84 Å². The van der Waals surface area contributed by atoms with Crippen LogP contribution in [0.4, 0.5) is 5.69 Å². The number of aromatic amines is 2. The highest BCUT2D eigenvalue weighted by Crippen LogP contribution is 2.36. The summed E-state index contributed by atoms with van der Waals surface area (Å²) < 4.78 is 27.0. The molecule has 2 aromatic carbocycles. The maximum atomic E-state index is 13.3. The van der Waals surface area contributed by atoms with Crippen molar-refractivity contribution in [3.05, 3.63) is 47.2 Å². The molecular formula is C18H19N3O2S2. The fourth-order valence-corrected chi connectivity index (χ4v) is 5.16. The van der Waals surface area contributed by atoms with E-state index in [2.05, 4.69) is 14.9 Å². The summed E-state index contributed by atoms with van der Waals surface area (Å²) in [5.41, 5.74) is 2.33. The Balaban J connectivity index is 1.99. The molecule has 7 heteroatoms. The Morgan fingerprint density at radius 3 is 2.36 bits per heavy atom. The van der Waals surface area contributed by atoms with Crippen LogP contribution >= 0.6 is 12.2 Å². The zero-order valence-corrected chi connectivity index (χ0v) is 15.3. The first-order chi connectivity index (χ1) is 12.1. The summed E-state index contributed by atoms with van der Waals surface area (Å²) in [6, 6.07) is 12.1. The Labute approximate surface area is 151 Å². The Bertz CT molecular complexity index is 1060. The van der Waals surface area contributed by atoms with E-state index < -0.39 is 9.84 Å². The number of sulfone groups is 1. The van der Waals surface area contributed by atoms with Crippen LogP contribution in [-0.2, 0) is 9.84 Å². The molecule has 1 aromatic heterocycles. The number of H-pyrrole nitrogens is 2. The first-order valence-electron chi connectivity index (χ1n) is 8.37. The monoisotopic (exact) mass is 373 g/mol. The summed E-state index contributed by atoms with van der Waals surface area (Å²) in [7, 11) is -3.61. The Morgan fingerprint density at radius 1 is 0.920 bits per heavy atom. The van der Waals surface area contributed by atoms with E-state index in [-0.39, 0.29) is 0 Å². The van der Waals surface area contributed by atoms with Crippen LogP contribution in [0.15, 0.2) is 52.3 Å². The van der Waals surface area contributed by atoms with Crippen LogP contribution in [0, 0.1) is 4.77 Å². The fraction of sp³-hybridized carbons (Fsp3) is 0.278. The number of aromatic nitrogens is 2. The third-order valence-corrected chi connectivity index (χ3v) is 6.65. The maximum absolute atomic E-state index is 13.3. The highest BCUT2D eigenvalue weighted by molar-refractivity contribution is 7.91. The molecule has 0 saturated carbocycles. The van der Waals surface area contributed by atoms with Crippen LogP contribution < -0.4 is 4.90 Å². The van der Waals surface area contributed by atoms with Crippen molar-refractivity contribution in [1.29, 1.82) is 0 Å². The number of piperidine rings is 1. The minimum absolute atomic E-state index is 0.307. The lowest BCUT2D eigenvalue weighted by molar-refractivity contribution is 0.572. The largest absolute Gasteiger partial charge is 0.369 e. The first kappa shape index (κ1) is 16.4. The third-order valence-electron chi connectivity index (χ3n) is 4.64. The van der Waals surface area contributed by atoms with E-state index in [9.17, 15) is 8.42 Å². The molecule has 0 radical (unpaired) electrons. The molecule has 0 amide bonds. The number of hydrogen-bond acceptors (Lipinski definition) is 4. The Hall–Kier alpha value is -2.12. The van der Waals surface area contributed by atoms with Crippen LogP contribution in [0.2, 0.25) is 0 Å². The molecule has 0 aliphatic carbocycles. The quantitative estimate of drug-likeness (QED) is 0.680. The lowest BCUT2D eigenvalue weighted by Gasteiger charge is -2.30. The number of anilines is 1. The zero-order valence-electron chi connectivity index (χ0n) is 13.7. The van der Waals surface area contributed by atoms with Crippen LogP contribution in [0.3, 0.4) is 0 Å². The van der Waals surface area contributed by atoms with E-state index in [4.69, 9.17) is 12.2 Å². The van der Waals surface area contributed by atoms with Crippen molar-refractivity contribution < 1.29 is 8.42 Å². The van der Waals surface area contributed by atoms with Gasteiger partial charge in [0.25, 0.3) is 0 Å². The Kier molecular flexibility index (Phi) is 4.13. The molecule has 2 N–H and O–H groups in total. The minimum Gasteiger partial charge on any atom is -0.369 e. The van der Waals surface area contributed by atoms with Gasteiger partial charge in [0.05, 0.1) is 26.5 Å². The molecule has 3 aromatic rings. The second kappa shape index (κ2) is 6.31. The van der Waals surface area contributed by atoms with Gasteiger partial charge in [0, 0.05) is 13.1 Å². The van der Waals surface area contributed by atoms with E-state index in [1.165, 1.54) is 6.42 Å². The summed E-state index contributed by atoms with van der Waals surface area (Å²) in [4.78, 5) is 9.04.